The fourth-order valence-corrected chi connectivity index (χ4v) is 4.47. The molecule has 0 aromatic heterocycles. The third-order valence-corrected chi connectivity index (χ3v) is 6.19. The van der Waals surface area contributed by atoms with Gasteiger partial charge < -0.3 is 9.64 Å². The molecule has 2 aromatic carbocycles. The number of rotatable bonds is 7. The smallest absolute Gasteiger partial charge is 0.278 e. The van der Waals surface area contributed by atoms with Gasteiger partial charge >= 0.3 is 0 Å². The van der Waals surface area contributed by atoms with Crippen LogP contribution in [0.1, 0.15) is 49.8 Å². The molecule has 0 N–H and O–H groups in total. The highest BCUT2D eigenvalue weighted by molar-refractivity contribution is 6.35. The van der Waals surface area contributed by atoms with Crippen molar-refractivity contribution in [3.63, 3.8) is 0 Å². The fraction of sp³-hybridized carbons (Fsp3) is 0.407. The zero-order valence-electron chi connectivity index (χ0n) is 19.3. The Morgan fingerprint density at radius 2 is 1.72 bits per heavy atom. The van der Waals surface area contributed by atoms with Crippen LogP contribution < -0.4 is 4.74 Å². The van der Waals surface area contributed by atoms with E-state index in [4.69, 9.17) is 4.74 Å². The first kappa shape index (κ1) is 22.1. The van der Waals surface area contributed by atoms with Gasteiger partial charge in [0.05, 0.1) is 18.7 Å². The van der Waals surface area contributed by atoms with E-state index in [1.807, 2.05) is 55.5 Å². The van der Waals surface area contributed by atoms with Crippen LogP contribution in [-0.2, 0) is 16.1 Å². The lowest BCUT2D eigenvalue weighted by molar-refractivity contribution is -0.138. The largest absolute Gasteiger partial charge is 0.494 e. The van der Waals surface area contributed by atoms with Crippen LogP contribution in [0.25, 0.3) is 5.57 Å². The lowest BCUT2D eigenvalue weighted by Crippen LogP contribution is -2.39. The quantitative estimate of drug-likeness (QED) is 0.590. The zero-order valence-corrected chi connectivity index (χ0v) is 19.3. The first-order chi connectivity index (χ1) is 15.5. The highest BCUT2D eigenvalue weighted by atomic mass is 16.5. The van der Waals surface area contributed by atoms with Crippen LogP contribution in [0.15, 0.2) is 54.2 Å². The summed E-state index contributed by atoms with van der Waals surface area (Å²) in [6.07, 6.45) is 3.12. The second-order valence-corrected chi connectivity index (χ2v) is 8.97. The normalized spacial score (nSPS) is 19.2. The van der Waals surface area contributed by atoms with E-state index in [-0.39, 0.29) is 18.4 Å². The highest BCUT2D eigenvalue weighted by Gasteiger charge is 2.42. The topological polar surface area (TPSA) is 49.9 Å². The van der Waals surface area contributed by atoms with Crippen molar-refractivity contribution in [1.29, 1.82) is 0 Å². The number of nitrogens with zero attached hydrogens (tertiary/aromatic N) is 2. The third kappa shape index (κ3) is 4.57. The summed E-state index contributed by atoms with van der Waals surface area (Å²) in [6.45, 7) is 8.84. The van der Waals surface area contributed by atoms with Gasteiger partial charge in [-0.1, -0.05) is 55.8 Å². The number of ether oxygens (including phenoxy) is 1. The third-order valence-electron chi connectivity index (χ3n) is 6.19. The van der Waals surface area contributed by atoms with Crippen molar-refractivity contribution in [2.24, 2.45) is 5.92 Å². The second kappa shape index (κ2) is 9.60. The zero-order chi connectivity index (χ0) is 22.7. The van der Waals surface area contributed by atoms with E-state index in [1.165, 1.54) is 4.90 Å². The molecular weight excluding hydrogens is 400 g/mol. The van der Waals surface area contributed by atoms with Crippen molar-refractivity contribution in [2.45, 2.75) is 46.6 Å². The number of aryl methyl sites for hydroxylation is 1. The van der Waals surface area contributed by atoms with Gasteiger partial charge in [0.15, 0.2) is 0 Å². The lowest BCUT2D eigenvalue weighted by atomic mass is 9.97. The van der Waals surface area contributed by atoms with E-state index in [0.29, 0.717) is 23.8 Å². The van der Waals surface area contributed by atoms with Crippen molar-refractivity contribution >= 4 is 17.4 Å². The average molecular weight is 433 g/mol. The molecule has 2 aliphatic heterocycles. The number of piperidine rings is 1. The number of carbonyl (C=O) groups is 2. The maximum absolute atomic E-state index is 13.6. The number of imide groups is 1. The van der Waals surface area contributed by atoms with Gasteiger partial charge in [-0.15, -0.1) is 0 Å². The molecule has 5 nitrogen and oxygen atoms in total. The van der Waals surface area contributed by atoms with Gasteiger partial charge in [-0.25, -0.2) is 0 Å². The van der Waals surface area contributed by atoms with Crippen molar-refractivity contribution < 1.29 is 14.3 Å². The fourth-order valence-electron chi connectivity index (χ4n) is 4.47. The average Bonchev–Trinajstić information content (AvgIpc) is 3.04. The minimum Gasteiger partial charge on any atom is -0.494 e. The molecule has 2 heterocycles. The van der Waals surface area contributed by atoms with Gasteiger partial charge in [-0.3, -0.25) is 14.5 Å². The molecule has 5 heteroatoms. The Hall–Kier alpha value is -3.08. The van der Waals surface area contributed by atoms with Crippen LogP contribution in [0.3, 0.4) is 0 Å². The Morgan fingerprint density at radius 1 is 1.00 bits per heavy atom. The van der Waals surface area contributed by atoms with Gasteiger partial charge in [-0.2, -0.15) is 0 Å². The molecule has 1 fully saturated rings. The number of carbonyl (C=O) groups excluding carboxylic acids is 2. The minimum absolute atomic E-state index is 0.189. The molecule has 2 aliphatic rings. The molecule has 2 amide bonds. The van der Waals surface area contributed by atoms with Gasteiger partial charge in [0, 0.05) is 13.1 Å². The van der Waals surface area contributed by atoms with E-state index < -0.39 is 0 Å². The van der Waals surface area contributed by atoms with Crippen LogP contribution in [0.4, 0.5) is 0 Å². The summed E-state index contributed by atoms with van der Waals surface area (Å²) in [6, 6.07) is 15.5. The maximum Gasteiger partial charge on any atom is 0.278 e. The number of hydrogen-bond donors (Lipinski definition) is 0. The van der Waals surface area contributed by atoms with Crippen LogP contribution in [0.2, 0.25) is 0 Å². The molecule has 0 aliphatic carbocycles. The van der Waals surface area contributed by atoms with E-state index in [0.717, 1.165) is 54.8 Å². The summed E-state index contributed by atoms with van der Waals surface area (Å²) < 4.78 is 5.70. The van der Waals surface area contributed by atoms with Gasteiger partial charge in [0.2, 0.25) is 0 Å². The summed E-state index contributed by atoms with van der Waals surface area (Å²) >= 11 is 0. The van der Waals surface area contributed by atoms with Crippen molar-refractivity contribution in [2.75, 3.05) is 19.7 Å². The Balaban J connectivity index is 1.68. The molecule has 0 spiro atoms. The standard InChI is InChI=1S/C27H32N2O3/c1-4-16-32-23-13-11-22(12-14-23)24-25(28-15-5-6-20(3)17-28)27(31)29(26(24)30)18-21-9-7-19(2)8-10-21/h7-14,20H,4-6,15-18H2,1-3H3. The second-order valence-electron chi connectivity index (χ2n) is 8.97. The number of amides is 2. The molecule has 0 radical (unpaired) electrons. The van der Waals surface area contributed by atoms with Crippen LogP contribution in [0.5, 0.6) is 5.75 Å². The maximum atomic E-state index is 13.6. The summed E-state index contributed by atoms with van der Waals surface area (Å²) in [4.78, 5) is 30.7. The molecule has 32 heavy (non-hydrogen) atoms. The first-order valence-corrected chi connectivity index (χ1v) is 11.6. The molecule has 0 saturated carbocycles. The van der Waals surface area contributed by atoms with Crippen molar-refractivity contribution in [3.8, 4) is 5.75 Å². The van der Waals surface area contributed by atoms with E-state index in [9.17, 15) is 9.59 Å². The molecule has 1 atom stereocenters. The molecule has 168 valence electrons. The number of benzene rings is 2. The van der Waals surface area contributed by atoms with Crippen LogP contribution >= 0.6 is 0 Å². The molecule has 1 saturated heterocycles. The monoisotopic (exact) mass is 432 g/mol. The Bertz CT molecular complexity index is 1010. The summed E-state index contributed by atoms with van der Waals surface area (Å²) in [5.41, 5.74) is 3.94. The van der Waals surface area contributed by atoms with Crippen molar-refractivity contribution in [1.82, 2.24) is 9.80 Å². The minimum atomic E-state index is -0.217. The van der Waals surface area contributed by atoms with Gasteiger partial charge in [-0.05, 0) is 55.4 Å². The highest BCUT2D eigenvalue weighted by Crippen LogP contribution is 2.35. The molecule has 2 aromatic rings. The predicted octanol–water partition coefficient (Wildman–Crippen LogP) is 4.80. The molecule has 4 rings (SSSR count). The Labute approximate surface area is 190 Å². The molecule has 0 bridgehead atoms. The van der Waals surface area contributed by atoms with Gasteiger partial charge in [0.1, 0.15) is 11.4 Å². The van der Waals surface area contributed by atoms with Crippen molar-refractivity contribution in [3.05, 3.63) is 70.9 Å². The van der Waals surface area contributed by atoms with E-state index in [2.05, 4.69) is 18.7 Å². The van der Waals surface area contributed by atoms with E-state index in [1.54, 1.807) is 0 Å². The summed E-state index contributed by atoms with van der Waals surface area (Å²) in [7, 11) is 0. The predicted molar refractivity (Wildman–Crippen MR) is 126 cm³/mol. The van der Waals surface area contributed by atoms with E-state index >= 15 is 0 Å². The van der Waals surface area contributed by atoms with Gasteiger partial charge in [0.25, 0.3) is 11.8 Å². The number of likely N-dealkylation sites (tertiary alicyclic amines) is 1. The lowest BCUT2D eigenvalue weighted by Gasteiger charge is -2.33. The Morgan fingerprint density at radius 3 is 2.38 bits per heavy atom. The Kier molecular flexibility index (Phi) is 6.63. The first-order valence-electron chi connectivity index (χ1n) is 11.6. The molecular formula is C27H32N2O3. The summed E-state index contributed by atoms with van der Waals surface area (Å²) in [5, 5.41) is 0. The number of hydrogen-bond acceptors (Lipinski definition) is 4. The SMILES string of the molecule is CCCOc1ccc(C2=C(N3CCCC(C)C3)C(=O)N(Cc3ccc(C)cc3)C2=O)cc1. The van der Waals surface area contributed by atoms with Crippen LogP contribution in [-0.4, -0.2) is 41.3 Å². The molecule has 1 unspecified atom stereocenters. The van der Waals surface area contributed by atoms with Crippen LogP contribution in [0, 0.1) is 12.8 Å². The summed E-state index contributed by atoms with van der Waals surface area (Å²) in [5.74, 6) is 0.867.